The normalized spacial score (nSPS) is 53.6. The van der Waals surface area contributed by atoms with Gasteiger partial charge in [0.25, 0.3) is 0 Å². The Morgan fingerprint density at radius 2 is 0.254 bits per heavy atom. The van der Waals surface area contributed by atoms with Gasteiger partial charge in [0, 0.05) is 12.2 Å². The summed E-state index contributed by atoms with van der Waals surface area (Å²) < 4.78 is 151. The van der Waals surface area contributed by atoms with Gasteiger partial charge >= 0.3 is 11.9 Å². The number of ether oxygens (including phenoxy) is 26. The first kappa shape index (κ1) is 110. The van der Waals surface area contributed by atoms with Crippen molar-refractivity contribution in [3.63, 3.8) is 0 Å². The molecule has 0 amide bonds. The SMILES string of the molecule is O=C(/C=C\C(=O)O[C@@H]1[C@@H](O)[C@H]2O[C@H]3[C@H](O)[C@@H](O)[C@@H](O[C@H]4[C@H](O)[C@@H](O)[C@@H](O[C@H]5[C@H](O)[C@@H](O)[C@@H](O[C@H]6[C@H](O)[C@@H](O)[C@@H](O[C@H]7[C@H](O)[C@@H](O)[C@@H](O[C@H]1[C@@H](CO)O2)O[C@@H]7CO)O[C@@H]6CO)O[C@@H]5CO)O[C@@H]4CO)O[C@@H]3CO)O[C@@H]1[C@@H](O)[C@H]2O[C@H]3[C@H](O)[C@@H](O)[C@@H](O[C@H]4[C@H](O)[C@@H](O)[C@@H](O[C@H]5[C@H](O)[C@@H](O)[C@@H](O[C@H]6[C@H](O)[C@@H](O)[C@@H](O[C@H]7[C@H](O)[C@@H](O)[C@@H](O[C@H]1[C@@H](CO)O2)O[C@@H]7CO)O[C@@H]6CO)O[C@@H]5CO)O[C@@H]4CO)O[C@@H]3CO. The van der Waals surface area contributed by atoms with Gasteiger partial charge in [0.05, 0.1) is 79.3 Å². The van der Waals surface area contributed by atoms with Crippen molar-refractivity contribution in [2.24, 2.45) is 0 Å². The molecule has 62 heteroatoms. The van der Waals surface area contributed by atoms with Gasteiger partial charge in [0.1, 0.15) is 281 Å². The molecule has 138 heavy (non-hydrogen) atoms. The van der Waals surface area contributed by atoms with Crippen LogP contribution in [0.25, 0.3) is 0 Å². The average Bonchev–Trinajstić information content (AvgIpc) is 0.758. The second kappa shape index (κ2) is 47.3. The smallest absolute Gasteiger partial charge is 0.331 e. The van der Waals surface area contributed by atoms with Gasteiger partial charge in [-0.15, -0.1) is 0 Å². The average molecular weight is 2030 g/mol. The van der Waals surface area contributed by atoms with Crippen LogP contribution in [0.15, 0.2) is 12.2 Å². The molecule has 796 valence electrons. The molecule has 24 bridgehead atoms. The number of esters is 2. The highest BCUT2D eigenvalue weighted by Gasteiger charge is 2.65. The highest BCUT2D eigenvalue weighted by atomic mass is 16.8. The minimum atomic E-state index is -2.68. The van der Waals surface area contributed by atoms with Crippen molar-refractivity contribution in [2.75, 3.05) is 79.3 Å². The quantitative estimate of drug-likeness (QED) is 0.0504. The summed E-state index contributed by atoms with van der Waals surface area (Å²) in [5.74, 6) is -3.69. The minimum absolute atomic E-state index is 0.177. The molecule has 62 nitrogen and oxygen atoms in total. The maximum Gasteiger partial charge on any atom is 0.331 e. The second-order valence-electron chi connectivity index (χ2n) is 34.8. The van der Waals surface area contributed by atoms with Crippen LogP contribution in [0.1, 0.15) is 0 Å². The number of rotatable bonds is 16. The molecule has 44 saturated heterocycles. The van der Waals surface area contributed by atoms with Crippen molar-refractivity contribution in [2.45, 2.75) is 368 Å². The molecule has 0 radical (unpaired) electrons. The first-order chi connectivity index (χ1) is 65.8. The van der Waals surface area contributed by atoms with Crippen LogP contribution in [0.4, 0.5) is 0 Å². The molecule has 0 spiro atoms. The molecule has 44 aliphatic rings. The van der Waals surface area contributed by atoms with Gasteiger partial charge < -0.3 is 297 Å². The lowest BCUT2D eigenvalue weighted by atomic mass is 9.94. The molecule has 0 aromatic heterocycles. The first-order valence-electron chi connectivity index (χ1n) is 43.9. The fourth-order valence-corrected chi connectivity index (χ4v) is 18.6. The topological polar surface area (TPSA) is 962 Å². The maximum absolute atomic E-state index is 14.6. The van der Waals surface area contributed by atoms with Crippen molar-refractivity contribution >= 4 is 11.9 Å². The van der Waals surface area contributed by atoms with Crippen LogP contribution in [0.5, 0.6) is 0 Å². The van der Waals surface area contributed by atoms with Gasteiger partial charge in [-0.2, -0.15) is 0 Å². The standard InChI is InChI=1S/C76H120O62/c77-3-15-51-29(91)39(101)65(113-15)129-53-17(5-79)117-69(43(105)33(53)95)133-57-21(9-83)121-73(47(109)37(57)99)137-61-25(13-87)123-75(135-59-23(11-85)119-71(45(107)35(59)97)131-55-19(7-81)115-67(127-51)41(103)31(55)93)49(111)63(61)125-27(89)1-2-28(90)126-64-50(112)76-124-26(14-88)62(64)138-74-48(110)38(100)58(22(10-84)122-74)134-70-44(106)34(96)54(18(6-80)118-70)130-66-40(102)30(92)52(16(4-78)114-66)128-68-42(104)32(94)56(20(8-82)116-68)132-72-46(108)36(98)60(136-76)24(12-86)120-72/h1-2,15-26,29-88,91-112H,3-14H2/b2-1-/t15-,16-,17-,18-,19-,20-,21-,22-,23-,24-,25-,26-,29-,30-,31-,32-,33-,34-,35-,36-,37-,38-,39-,40-,41-,42-,43-,44-,45-,46-,47-,48-,49-,50-,51-,52-,53-,54-,55-,56-,57-,58-,59-,60-,61+,62+,63-,64-,65-,66-,67-,68-,69-,70-,71-,72-,73-,74-,75-,76-/m1/s1. The Morgan fingerprint density at radius 3 is 0.370 bits per heavy atom. The molecule has 44 aliphatic heterocycles. The summed E-state index contributed by atoms with van der Waals surface area (Å²) in [6, 6.07) is 0. The largest absolute Gasteiger partial charge is 0.453 e. The lowest BCUT2D eigenvalue weighted by molar-refractivity contribution is -0.404. The summed E-state index contributed by atoms with van der Waals surface area (Å²) in [5.41, 5.74) is 0. The zero-order valence-electron chi connectivity index (χ0n) is 71.9. The predicted molar refractivity (Wildman–Crippen MR) is 408 cm³/mol. The first-order valence-corrected chi connectivity index (χ1v) is 43.9. The van der Waals surface area contributed by atoms with Gasteiger partial charge in [-0.3, -0.25) is 0 Å². The lowest BCUT2D eigenvalue weighted by Crippen LogP contribution is -2.69. The van der Waals surface area contributed by atoms with Crippen LogP contribution >= 0.6 is 0 Å². The van der Waals surface area contributed by atoms with Crippen molar-refractivity contribution in [1.29, 1.82) is 0 Å². The van der Waals surface area contributed by atoms with E-state index in [-0.39, 0.29) is 12.2 Å². The second-order valence-corrected chi connectivity index (χ2v) is 34.8. The predicted octanol–water partition coefficient (Wildman–Crippen LogP) is -25.4. The molecule has 34 N–H and O–H groups in total. The van der Waals surface area contributed by atoms with Crippen molar-refractivity contribution in [1.82, 2.24) is 0 Å². The van der Waals surface area contributed by atoms with Crippen molar-refractivity contribution in [3.05, 3.63) is 12.2 Å². The van der Waals surface area contributed by atoms with Gasteiger partial charge in [-0.1, -0.05) is 0 Å². The summed E-state index contributed by atoms with van der Waals surface area (Å²) in [6.45, 7) is -14.7. The van der Waals surface area contributed by atoms with E-state index >= 15 is 0 Å². The van der Waals surface area contributed by atoms with Crippen LogP contribution in [-0.2, 0) is 133 Å². The molecule has 0 saturated carbocycles. The highest BCUT2D eigenvalue weighted by Crippen LogP contribution is 2.44. The molecule has 0 aromatic carbocycles. The van der Waals surface area contributed by atoms with E-state index in [0.29, 0.717) is 0 Å². The van der Waals surface area contributed by atoms with Crippen molar-refractivity contribution in [3.8, 4) is 0 Å². The van der Waals surface area contributed by atoms with E-state index in [4.69, 9.17) is 123 Å². The Kier molecular flexibility index (Phi) is 37.7. The third-order valence-corrected chi connectivity index (χ3v) is 26.2. The molecule has 0 unspecified atom stereocenters. The molecular formula is C76H120O62. The summed E-state index contributed by atoms with van der Waals surface area (Å²) in [7, 11) is 0. The summed E-state index contributed by atoms with van der Waals surface area (Å²) >= 11 is 0. The number of aliphatic hydroxyl groups is 34. The van der Waals surface area contributed by atoms with E-state index in [0.717, 1.165) is 0 Å². The van der Waals surface area contributed by atoms with E-state index in [1.54, 1.807) is 0 Å². The number of carbonyl (C=O) groups excluding carboxylic acids is 2. The molecular weight excluding hydrogens is 1900 g/mol. The number of carbonyl (C=O) groups is 2. The number of aliphatic hydroxyl groups excluding tert-OH is 34. The number of hydrogen-bond donors (Lipinski definition) is 34. The van der Waals surface area contributed by atoms with Crippen LogP contribution in [0, 0.1) is 0 Å². The van der Waals surface area contributed by atoms with E-state index in [1.165, 1.54) is 0 Å². The van der Waals surface area contributed by atoms with Crippen LogP contribution in [-0.4, -0.2) is 633 Å². The van der Waals surface area contributed by atoms with Gasteiger partial charge in [-0.25, -0.2) is 9.59 Å². The zero-order valence-corrected chi connectivity index (χ0v) is 71.9. The van der Waals surface area contributed by atoms with Crippen molar-refractivity contribution < 1.29 is 306 Å². The molecule has 60 atom stereocenters. The van der Waals surface area contributed by atoms with Gasteiger partial charge in [0.2, 0.25) is 0 Å². The summed E-state index contributed by atoms with van der Waals surface area (Å²) in [4.78, 5) is 29.2. The lowest BCUT2D eigenvalue weighted by Gasteiger charge is -2.51. The third-order valence-electron chi connectivity index (χ3n) is 26.2. The van der Waals surface area contributed by atoms with Crippen LogP contribution in [0.2, 0.25) is 0 Å². The van der Waals surface area contributed by atoms with Crippen LogP contribution < -0.4 is 0 Å². The van der Waals surface area contributed by atoms with Crippen LogP contribution in [0.3, 0.4) is 0 Å². The molecule has 44 rings (SSSR count). The third kappa shape index (κ3) is 22.1. The Hall–Kier alpha value is -3.64. The molecule has 0 aromatic rings. The Morgan fingerprint density at radius 1 is 0.152 bits per heavy atom. The summed E-state index contributed by atoms with van der Waals surface area (Å²) in [6.07, 6.45) is -134. The molecule has 44 heterocycles. The van der Waals surface area contributed by atoms with E-state index < -0.39 is 460 Å². The Labute approximate surface area is 776 Å². The zero-order chi connectivity index (χ0) is 100. The number of hydrogen-bond acceptors (Lipinski definition) is 62. The molecule has 0 aliphatic carbocycles. The fraction of sp³-hybridized carbons (Fsp3) is 0.947. The Bertz CT molecular complexity index is 3560. The van der Waals surface area contributed by atoms with Gasteiger partial charge in [-0.05, 0) is 0 Å². The Balaban J connectivity index is 0.757. The van der Waals surface area contributed by atoms with E-state index in [9.17, 15) is 183 Å². The van der Waals surface area contributed by atoms with E-state index in [1.807, 2.05) is 0 Å². The fourth-order valence-electron chi connectivity index (χ4n) is 18.6. The highest BCUT2D eigenvalue weighted by molar-refractivity contribution is 5.92. The van der Waals surface area contributed by atoms with Gasteiger partial charge in [0.15, 0.2) is 87.7 Å². The summed E-state index contributed by atoms with van der Waals surface area (Å²) in [5, 5.41) is 387. The monoisotopic (exact) mass is 2020 g/mol. The minimum Gasteiger partial charge on any atom is -0.453 e. The maximum atomic E-state index is 14.6. The van der Waals surface area contributed by atoms with E-state index in [2.05, 4.69) is 0 Å². The molecule has 44 fully saturated rings.